The number of nitrogens with zero attached hydrogens (tertiary/aromatic N) is 1. The predicted molar refractivity (Wildman–Crippen MR) is 78.1 cm³/mol. The standard InChI is InChI=1S/C15H22FN3O/c16-12-5-7-13(8-6-12)19(11-3-9-17)14-4-1-2-10-18-15(14)20/h5-8,14H,1-4,9-11,17H2,(H,18,20). The molecule has 0 aliphatic carbocycles. The van der Waals surface area contributed by atoms with E-state index in [1.165, 1.54) is 12.1 Å². The fraction of sp³-hybridized carbons (Fsp3) is 0.533. The second-order valence-corrected chi connectivity index (χ2v) is 5.11. The summed E-state index contributed by atoms with van der Waals surface area (Å²) in [5, 5.41) is 2.95. The van der Waals surface area contributed by atoms with Crippen LogP contribution in [0.1, 0.15) is 25.7 Å². The molecule has 1 aromatic carbocycles. The number of carbonyl (C=O) groups excluding carboxylic acids is 1. The van der Waals surface area contributed by atoms with E-state index < -0.39 is 0 Å². The Kier molecular flexibility index (Phi) is 5.35. The van der Waals surface area contributed by atoms with E-state index in [4.69, 9.17) is 5.73 Å². The molecule has 0 spiro atoms. The second-order valence-electron chi connectivity index (χ2n) is 5.11. The molecule has 20 heavy (non-hydrogen) atoms. The number of halogens is 1. The highest BCUT2D eigenvalue weighted by Gasteiger charge is 2.27. The van der Waals surface area contributed by atoms with Gasteiger partial charge in [-0.15, -0.1) is 0 Å². The van der Waals surface area contributed by atoms with Gasteiger partial charge in [0.15, 0.2) is 0 Å². The normalized spacial score (nSPS) is 19.3. The van der Waals surface area contributed by atoms with Crippen LogP contribution in [0.3, 0.4) is 0 Å². The van der Waals surface area contributed by atoms with Gasteiger partial charge in [-0.1, -0.05) is 0 Å². The molecule has 1 unspecified atom stereocenters. The maximum atomic E-state index is 13.1. The van der Waals surface area contributed by atoms with E-state index >= 15 is 0 Å². The fourth-order valence-electron chi connectivity index (χ4n) is 2.58. The summed E-state index contributed by atoms with van der Waals surface area (Å²) < 4.78 is 13.1. The number of rotatable bonds is 5. The van der Waals surface area contributed by atoms with Crippen molar-refractivity contribution in [3.63, 3.8) is 0 Å². The Morgan fingerprint density at radius 2 is 2.05 bits per heavy atom. The Bertz CT molecular complexity index is 435. The average Bonchev–Trinajstić information content (AvgIpc) is 2.66. The lowest BCUT2D eigenvalue weighted by Gasteiger charge is -2.32. The summed E-state index contributed by atoms with van der Waals surface area (Å²) in [4.78, 5) is 14.2. The van der Waals surface area contributed by atoms with Crippen LogP contribution < -0.4 is 16.0 Å². The van der Waals surface area contributed by atoms with E-state index in [9.17, 15) is 9.18 Å². The molecule has 3 N–H and O–H groups in total. The Balaban J connectivity index is 2.20. The summed E-state index contributed by atoms with van der Waals surface area (Å²) >= 11 is 0. The van der Waals surface area contributed by atoms with Crippen molar-refractivity contribution in [2.24, 2.45) is 5.73 Å². The molecule has 0 aromatic heterocycles. The van der Waals surface area contributed by atoms with Gasteiger partial charge in [-0.2, -0.15) is 0 Å². The Labute approximate surface area is 119 Å². The third-order valence-corrected chi connectivity index (χ3v) is 3.64. The fourth-order valence-corrected chi connectivity index (χ4v) is 2.58. The van der Waals surface area contributed by atoms with Crippen molar-refractivity contribution in [2.75, 3.05) is 24.5 Å². The number of hydrogen-bond donors (Lipinski definition) is 2. The second kappa shape index (κ2) is 7.24. The van der Waals surface area contributed by atoms with E-state index in [-0.39, 0.29) is 17.8 Å². The van der Waals surface area contributed by atoms with Crippen LogP contribution in [-0.2, 0) is 4.79 Å². The minimum absolute atomic E-state index is 0.0591. The number of benzene rings is 1. The molecule has 2 rings (SSSR count). The van der Waals surface area contributed by atoms with Gasteiger partial charge in [0, 0.05) is 18.8 Å². The van der Waals surface area contributed by atoms with Crippen LogP contribution in [0, 0.1) is 5.82 Å². The van der Waals surface area contributed by atoms with E-state index in [1.807, 2.05) is 4.90 Å². The number of amides is 1. The van der Waals surface area contributed by atoms with Crippen LogP contribution in [0.25, 0.3) is 0 Å². The van der Waals surface area contributed by atoms with Gasteiger partial charge in [-0.05, 0) is 56.5 Å². The Morgan fingerprint density at radius 3 is 2.75 bits per heavy atom. The van der Waals surface area contributed by atoms with Crippen LogP contribution in [-0.4, -0.2) is 31.6 Å². The van der Waals surface area contributed by atoms with E-state index in [1.54, 1.807) is 12.1 Å². The first-order valence-corrected chi connectivity index (χ1v) is 7.22. The van der Waals surface area contributed by atoms with E-state index in [2.05, 4.69) is 5.32 Å². The van der Waals surface area contributed by atoms with Crippen LogP contribution >= 0.6 is 0 Å². The lowest BCUT2D eigenvalue weighted by atomic mass is 10.1. The third kappa shape index (κ3) is 3.70. The molecule has 0 saturated carbocycles. The van der Waals surface area contributed by atoms with Gasteiger partial charge in [0.1, 0.15) is 11.9 Å². The van der Waals surface area contributed by atoms with Gasteiger partial charge in [0.2, 0.25) is 5.91 Å². The minimum Gasteiger partial charge on any atom is -0.359 e. The van der Waals surface area contributed by atoms with Gasteiger partial charge in [0.05, 0.1) is 0 Å². The lowest BCUT2D eigenvalue weighted by Crippen LogP contribution is -2.46. The van der Waals surface area contributed by atoms with Crippen molar-refractivity contribution in [3.8, 4) is 0 Å². The minimum atomic E-state index is -0.266. The average molecular weight is 279 g/mol. The molecule has 1 aliphatic heterocycles. The summed E-state index contributed by atoms with van der Waals surface area (Å²) in [6, 6.07) is 6.13. The first kappa shape index (κ1) is 14.8. The number of carbonyl (C=O) groups is 1. The monoisotopic (exact) mass is 279 g/mol. The zero-order valence-electron chi connectivity index (χ0n) is 11.6. The highest BCUT2D eigenvalue weighted by molar-refractivity contribution is 5.85. The third-order valence-electron chi connectivity index (χ3n) is 3.64. The Morgan fingerprint density at radius 1 is 1.30 bits per heavy atom. The molecule has 110 valence electrons. The van der Waals surface area contributed by atoms with Crippen molar-refractivity contribution >= 4 is 11.6 Å². The quantitative estimate of drug-likeness (QED) is 0.861. The molecule has 5 heteroatoms. The summed E-state index contributed by atoms with van der Waals surface area (Å²) in [5.74, 6) is -0.207. The zero-order chi connectivity index (χ0) is 14.4. The molecule has 1 heterocycles. The lowest BCUT2D eigenvalue weighted by molar-refractivity contribution is -0.122. The summed E-state index contributed by atoms with van der Waals surface area (Å²) in [6.45, 7) is 2.02. The molecular formula is C15H22FN3O. The molecule has 0 radical (unpaired) electrons. The molecule has 1 aliphatic rings. The van der Waals surface area contributed by atoms with Crippen molar-refractivity contribution in [3.05, 3.63) is 30.1 Å². The van der Waals surface area contributed by atoms with Gasteiger partial charge in [-0.25, -0.2) is 4.39 Å². The number of hydrogen-bond acceptors (Lipinski definition) is 3. The van der Waals surface area contributed by atoms with Gasteiger partial charge in [-0.3, -0.25) is 4.79 Å². The van der Waals surface area contributed by atoms with Crippen LogP contribution in [0.5, 0.6) is 0 Å². The largest absolute Gasteiger partial charge is 0.359 e. The van der Waals surface area contributed by atoms with Gasteiger partial charge < -0.3 is 16.0 Å². The van der Waals surface area contributed by atoms with Gasteiger partial charge >= 0.3 is 0 Å². The van der Waals surface area contributed by atoms with Crippen molar-refractivity contribution < 1.29 is 9.18 Å². The Hall–Kier alpha value is -1.62. The smallest absolute Gasteiger partial charge is 0.242 e. The number of nitrogens with one attached hydrogen (secondary N) is 1. The number of anilines is 1. The first-order chi connectivity index (χ1) is 9.72. The maximum Gasteiger partial charge on any atom is 0.242 e. The van der Waals surface area contributed by atoms with Crippen LogP contribution in [0.15, 0.2) is 24.3 Å². The molecule has 1 saturated heterocycles. The van der Waals surface area contributed by atoms with Gasteiger partial charge in [0.25, 0.3) is 0 Å². The number of nitrogens with two attached hydrogens (primary N) is 1. The highest BCUT2D eigenvalue weighted by Crippen LogP contribution is 2.22. The maximum absolute atomic E-state index is 13.1. The summed E-state index contributed by atoms with van der Waals surface area (Å²) in [7, 11) is 0. The van der Waals surface area contributed by atoms with Crippen molar-refractivity contribution in [1.29, 1.82) is 0 Å². The van der Waals surface area contributed by atoms with Crippen molar-refractivity contribution in [2.45, 2.75) is 31.7 Å². The topological polar surface area (TPSA) is 58.4 Å². The molecule has 4 nitrogen and oxygen atoms in total. The molecule has 1 fully saturated rings. The highest BCUT2D eigenvalue weighted by atomic mass is 19.1. The molecule has 1 aromatic rings. The van der Waals surface area contributed by atoms with E-state index in [0.29, 0.717) is 13.1 Å². The summed E-state index contributed by atoms with van der Waals surface area (Å²) in [5.41, 5.74) is 6.46. The zero-order valence-corrected chi connectivity index (χ0v) is 11.6. The van der Waals surface area contributed by atoms with Crippen molar-refractivity contribution in [1.82, 2.24) is 5.32 Å². The van der Waals surface area contributed by atoms with Crippen LogP contribution in [0.4, 0.5) is 10.1 Å². The molecular weight excluding hydrogens is 257 g/mol. The molecule has 1 amide bonds. The summed E-state index contributed by atoms with van der Waals surface area (Å²) in [6.07, 6.45) is 3.66. The van der Waals surface area contributed by atoms with Crippen LogP contribution in [0.2, 0.25) is 0 Å². The SMILES string of the molecule is NCCCN(c1ccc(F)cc1)C1CCCCNC1=O. The predicted octanol–water partition coefficient (Wildman–Crippen LogP) is 1.65. The van der Waals surface area contributed by atoms with E-state index in [0.717, 1.165) is 37.9 Å². The molecule has 1 atom stereocenters. The molecule has 0 bridgehead atoms. The first-order valence-electron chi connectivity index (χ1n) is 7.22.